The van der Waals surface area contributed by atoms with E-state index in [1.807, 2.05) is 4.90 Å². The zero-order valence-corrected chi connectivity index (χ0v) is 12.8. The Morgan fingerprint density at radius 3 is 2.30 bits per heavy atom. The Hall–Kier alpha value is -1.14. The molecule has 2 aliphatic rings. The molecule has 0 spiro atoms. The van der Waals surface area contributed by atoms with Crippen molar-refractivity contribution in [2.45, 2.75) is 32.9 Å². The second kappa shape index (κ2) is 6.54. The lowest BCUT2D eigenvalue weighted by molar-refractivity contribution is -0.139. The maximum atomic E-state index is 12.4. The van der Waals surface area contributed by atoms with E-state index in [9.17, 15) is 9.59 Å². The Morgan fingerprint density at radius 2 is 1.70 bits per heavy atom. The molecule has 2 fully saturated rings. The first-order chi connectivity index (χ1) is 9.47. The molecule has 6 heteroatoms. The van der Waals surface area contributed by atoms with Crippen molar-refractivity contribution in [1.29, 1.82) is 0 Å². The predicted molar refractivity (Wildman–Crippen MR) is 77.3 cm³/mol. The normalized spacial score (nSPS) is 28.6. The Kier molecular flexibility index (Phi) is 4.99. The summed E-state index contributed by atoms with van der Waals surface area (Å²) in [6.07, 6.45) is 0. The molecule has 114 valence electrons. The van der Waals surface area contributed by atoms with Crippen molar-refractivity contribution in [3.05, 3.63) is 0 Å². The summed E-state index contributed by atoms with van der Waals surface area (Å²) in [5.74, 6) is 0.288. The van der Waals surface area contributed by atoms with Crippen molar-refractivity contribution >= 4 is 11.8 Å². The first-order valence-electron chi connectivity index (χ1n) is 7.48. The van der Waals surface area contributed by atoms with E-state index in [4.69, 9.17) is 0 Å². The molecule has 1 N–H and O–H groups in total. The van der Waals surface area contributed by atoms with Gasteiger partial charge in [-0.3, -0.25) is 14.5 Å². The smallest absolute Gasteiger partial charge is 0.236 e. The van der Waals surface area contributed by atoms with Crippen LogP contribution in [-0.4, -0.2) is 84.4 Å². The van der Waals surface area contributed by atoms with Gasteiger partial charge in [-0.2, -0.15) is 0 Å². The molecule has 2 atom stereocenters. The molecular formula is C14H26N4O2. The van der Waals surface area contributed by atoms with E-state index in [1.165, 1.54) is 0 Å². The first-order valence-corrected chi connectivity index (χ1v) is 7.48. The van der Waals surface area contributed by atoms with Crippen molar-refractivity contribution in [3.63, 3.8) is 0 Å². The van der Waals surface area contributed by atoms with Crippen LogP contribution in [0.1, 0.15) is 20.8 Å². The van der Waals surface area contributed by atoms with Crippen LogP contribution in [0.25, 0.3) is 0 Å². The second-order valence-electron chi connectivity index (χ2n) is 5.97. The van der Waals surface area contributed by atoms with Crippen molar-refractivity contribution in [2.75, 3.05) is 45.8 Å². The average molecular weight is 282 g/mol. The third-order valence-electron chi connectivity index (χ3n) is 4.31. The minimum Gasteiger partial charge on any atom is -0.339 e. The Morgan fingerprint density at radius 1 is 1.10 bits per heavy atom. The fraction of sp³-hybridized carbons (Fsp3) is 0.857. The highest BCUT2D eigenvalue weighted by Gasteiger charge is 2.28. The zero-order valence-electron chi connectivity index (χ0n) is 12.8. The molecule has 6 nitrogen and oxygen atoms in total. The van der Waals surface area contributed by atoms with Crippen LogP contribution in [0.3, 0.4) is 0 Å². The monoisotopic (exact) mass is 282 g/mol. The fourth-order valence-corrected chi connectivity index (χ4v) is 2.86. The quantitative estimate of drug-likeness (QED) is 0.732. The topological polar surface area (TPSA) is 55.9 Å². The third kappa shape index (κ3) is 3.70. The Balaban J connectivity index is 1.82. The van der Waals surface area contributed by atoms with Crippen LogP contribution in [0.5, 0.6) is 0 Å². The summed E-state index contributed by atoms with van der Waals surface area (Å²) < 4.78 is 0. The predicted octanol–water partition coefficient (Wildman–Crippen LogP) is -0.641. The van der Waals surface area contributed by atoms with Gasteiger partial charge in [0, 0.05) is 58.3 Å². The summed E-state index contributed by atoms with van der Waals surface area (Å²) in [4.78, 5) is 29.6. The molecule has 2 aliphatic heterocycles. The summed E-state index contributed by atoms with van der Waals surface area (Å²) in [5.41, 5.74) is 0. The van der Waals surface area contributed by atoms with E-state index < -0.39 is 0 Å². The molecule has 0 aromatic carbocycles. The number of rotatable bonds is 2. The van der Waals surface area contributed by atoms with Gasteiger partial charge < -0.3 is 15.1 Å². The van der Waals surface area contributed by atoms with Crippen molar-refractivity contribution in [3.8, 4) is 0 Å². The van der Waals surface area contributed by atoms with Gasteiger partial charge in [-0.25, -0.2) is 0 Å². The van der Waals surface area contributed by atoms with Crippen LogP contribution >= 0.6 is 0 Å². The number of hydrogen-bond donors (Lipinski definition) is 1. The minimum atomic E-state index is 0.0988. The molecular weight excluding hydrogens is 256 g/mol. The van der Waals surface area contributed by atoms with Gasteiger partial charge in [-0.15, -0.1) is 0 Å². The number of nitrogens with zero attached hydrogens (tertiary/aromatic N) is 3. The number of hydrogen-bond acceptors (Lipinski definition) is 4. The lowest BCUT2D eigenvalue weighted by Crippen LogP contribution is -2.58. The second-order valence-corrected chi connectivity index (χ2v) is 5.97. The summed E-state index contributed by atoms with van der Waals surface area (Å²) in [6.45, 7) is 10.9. The molecule has 2 unspecified atom stereocenters. The van der Waals surface area contributed by atoms with Crippen molar-refractivity contribution < 1.29 is 9.59 Å². The fourth-order valence-electron chi connectivity index (χ4n) is 2.86. The molecule has 0 aliphatic carbocycles. The van der Waals surface area contributed by atoms with E-state index in [1.54, 1.807) is 11.8 Å². The Bertz CT molecular complexity index is 366. The summed E-state index contributed by atoms with van der Waals surface area (Å²) in [6, 6.07) is 0.835. The van der Waals surface area contributed by atoms with Crippen LogP contribution in [0.15, 0.2) is 0 Å². The van der Waals surface area contributed by atoms with Gasteiger partial charge in [0.15, 0.2) is 0 Å². The standard InChI is InChI=1S/C14H26N4O2/c1-11-9-18(12(2)8-15-11)10-14(20)17-6-4-16(5-7-17)13(3)19/h11-12,15H,4-10H2,1-3H3. The van der Waals surface area contributed by atoms with Crippen molar-refractivity contribution in [1.82, 2.24) is 20.0 Å². The van der Waals surface area contributed by atoms with Crippen LogP contribution in [0.2, 0.25) is 0 Å². The Labute approximate surface area is 121 Å². The van der Waals surface area contributed by atoms with Crippen LogP contribution < -0.4 is 5.32 Å². The maximum Gasteiger partial charge on any atom is 0.236 e. The highest BCUT2D eigenvalue weighted by atomic mass is 16.2. The van der Waals surface area contributed by atoms with E-state index in [0.29, 0.717) is 44.8 Å². The number of carbonyl (C=O) groups is 2. The number of amides is 2. The van der Waals surface area contributed by atoms with E-state index >= 15 is 0 Å². The van der Waals surface area contributed by atoms with E-state index in [-0.39, 0.29) is 11.8 Å². The van der Waals surface area contributed by atoms with Crippen molar-refractivity contribution in [2.24, 2.45) is 0 Å². The van der Waals surface area contributed by atoms with Crippen LogP contribution in [-0.2, 0) is 9.59 Å². The molecule has 0 saturated carbocycles. The first kappa shape index (κ1) is 15.3. The summed E-state index contributed by atoms with van der Waals surface area (Å²) in [7, 11) is 0. The number of carbonyl (C=O) groups excluding carboxylic acids is 2. The molecule has 0 radical (unpaired) electrons. The van der Waals surface area contributed by atoms with Crippen LogP contribution in [0, 0.1) is 0 Å². The maximum absolute atomic E-state index is 12.4. The molecule has 2 amide bonds. The van der Waals surface area contributed by atoms with Gasteiger partial charge in [0.05, 0.1) is 6.54 Å². The van der Waals surface area contributed by atoms with Gasteiger partial charge in [-0.05, 0) is 13.8 Å². The van der Waals surface area contributed by atoms with Crippen LogP contribution in [0.4, 0.5) is 0 Å². The van der Waals surface area contributed by atoms with Gasteiger partial charge in [0.1, 0.15) is 0 Å². The number of piperazine rings is 2. The van der Waals surface area contributed by atoms with E-state index in [2.05, 4.69) is 24.1 Å². The van der Waals surface area contributed by atoms with Gasteiger partial charge in [0.2, 0.25) is 11.8 Å². The molecule has 2 heterocycles. The molecule has 0 aromatic rings. The molecule has 0 aromatic heterocycles. The lowest BCUT2D eigenvalue weighted by Gasteiger charge is -2.39. The zero-order chi connectivity index (χ0) is 14.7. The SMILES string of the molecule is CC(=O)N1CCN(C(=O)CN2CC(C)NCC2C)CC1. The highest BCUT2D eigenvalue weighted by molar-refractivity contribution is 5.79. The summed E-state index contributed by atoms with van der Waals surface area (Å²) in [5, 5.41) is 3.42. The number of nitrogens with one attached hydrogen (secondary N) is 1. The molecule has 20 heavy (non-hydrogen) atoms. The summed E-state index contributed by atoms with van der Waals surface area (Å²) >= 11 is 0. The molecule has 2 rings (SSSR count). The molecule has 0 bridgehead atoms. The lowest BCUT2D eigenvalue weighted by atomic mass is 10.1. The van der Waals surface area contributed by atoms with E-state index in [0.717, 1.165) is 13.1 Å². The average Bonchev–Trinajstić information content (AvgIpc) is 2.43. The minimum absolute atomic E-state index is 0.0988. The third-order valence-corrected chi connectivity index (χ3v) is 4.31. The molecule has 2 saturated heterocycles. The van der Waals surface area contributed by atoms with Gasteiger partial charge in [-0.1, -0.05) is 0 Å². The largest absolute Gasteiger partial charge is 0.339 e. The van der Waals surface area contributed by atoms with Gasteiger partial charge >= 0.3 is 0 Å². The van der Waals surface area contributed by atoms with Gasteiger partial charge in [0.25, 0.3) is 0 Å². The highest BCUT2D eigenvalue weighted by Crippen LogP contribution is 2.09.